The molecule has 0 aliphatic carbocycles. The molecule has 10 heteroatoms. The molecule has 0 amide bonds. The van der Waals surface area contributed by atoms with Gasteiger partial charge in [-0.1, -0.05) is 6.08 Å². The van der Waals surface area contributed by atoms with Crippen LogP contribution in [0.3, 0.4) is 0 Å². The van der Waals surface area contributed by atoms with Gasteiger partial charge in [-0.25, -0.2) is 9.59 Å². The van der Waals surface area contributed by atoms with Gasteiger partial charge in [0.25, 0.3) is 0 Å². The number of fused-ring (bicyclic) bond motifs is 1. The normalized spacial score (nSPS) is 27.8. The highest BCUT2D eigenvalue weighted by atomic mass is 16.6. The average Bonchev–Trinajstić information content (AvgIpc) is 3.24. The van der Waals surface area contributed by atoms with Gasteiger partial charge in [0.1, 0.15) is 12.2 Å². The molecule has 2 aliphatic rings. The standard InChI is InChI=1S/C23H35NO9/c1-8-14(2)20(26)32-18-10-12-24(29)11-9-17(19(18)24)13-31-21(27)23(28,15(3)30-7)22(5,6)33-16(4)25/h8-9,15,18-19,28H,10-13H2,1-7H3/b14-8-/t15-,18-,19+,23+,24+/m0/s1. The van der Waals surface area contributed by atoms with Crippen molar-refractivity contribution in [2.24, 2.45) is 0 Å². The second-order valence-corrected chi connectivity index (χ2v) is 9.11. The number of esters is 3. The predicted octanol–water partition coefficient (Wildman–Crippen LogP) is 1.54. The van der Waals surface area contributed by atoms with Gasteiger partial charge in [0.15, 0.2) is 12.1 Å². The summed E-state index contributed by atoms with van der Waals surface area (Å²) in [4.78, 5) is 36.8. The maximum absolute atomic E-state index is 13.2. The molecular formula is C23H35NO9. The van der Waals surface area contributed by atoms with Crippen LogP contribution >= 0.6 is 0 Å². The predicted molar refractivity (Wildman–Crippen MR) is 117 cm³/mol. The molecule has 0 spiro atoms. The molecule has 2 rings (SSSR count). The second-order valence-electron chi connectivity index (χ2n) is 9.11. The van der Waals surface area contributed by atoms with E-state index >= 15 is 0 Å². The van der Waals surface area contributed by atoms with Crippen molar-refractivity contribution in [3.8, 4) is 0 Å². The van der Waals surface area contributed by atoms with Crippen LogP contribution in [0.2, 0.25) is 0 Å². The molecule has 1 saturated heterocycles. The number of methoxy groups -OCH3 is 1. The second kappa shape index (κ2) is 9.92. The van der Waals surface area contributed by atoms with Crippen LogP contribution in [0.25, 0.3) is 0 Å². The van der Waals surface area contributed by atoms with Gasteiger partial charge in [0, 0.05) is 31.6 Å². The number of allylic oxidation sites excluding steroid dienone is 1. The Kier molecular flexibility index (Phi) is 8.11. The summed E-state index contributed by atoms with van der Waals surface area (Å²) in [6.45, 7) is 8.91. The summed E-state index contributed by atoms with van der Waals surface area (Å²) in [6.07, 6.45) is 1.99. The van der Waals surface area contributed by atoms with Crippen molar-refractivity contribution in [3.63, 3.8) is 0 Å². The number of rotatable bonds is 9. The molecule has 2 heterocycles. The summed E-state index contributed by atoms with van der Waals surface area (Å²) < 4.78 is 20.8. The molecule has 33 heavy (non-hydrogen) atoms. The number of carbonyl (C=O) groups is 3. The molecule has 0 aromatic carbocycles. The number of carbonyl (C=O) groups excluding carboxylic acids is 3. The first-order chi connectivity index (χ1) is 15.2. The van der Waals surface area contributed by atoms with Crippen LogP contribution in [0.5, 0.6) is 0 Å². The summed E-state index contributed by atoms with van der Waals surface area (Å²) in [6, 6.07) is -0.694. The highest BCUT2D eigenvalue weighted by molar-refractivity contribution is 5.87. The van der Waals surface area contributed by atoms with Crippen molar-refractivity contribution >= 4 is 17.9 Å². The lowest BCUT2D eigenvalue weighted by atomic mass is 9.81. The SMILES string of the molecule is C/C=C(/C)C(=O)O[C@H]1CC[N@+]2([O-])CC=C(COC(=O)[C@](O)([C@H](C)OC)C(C)(C)OC(C)=O)[C@H]12. The highest BCUT2D eigenvalue weighted by Crippen LogP contribution is 2.39. The number of hydrogen-bond acceptors (Lipinski definition) is 9. The number of hydrogen-bond donors (Lipinski definition) is 1. The van der Waals surface area contributed by atoms with Crippen molar-refractivity contribution in [2.45, 2.75) is 77.4 Å². The molecule has 0 unspecified atom stereocenters. The quantitative estimate of drug-likeness (QED) is 0.133. The first-order valence-corrected chi connectivity index (χ1v) is 11.0. The van der Waals surface area contributed by atoms with Gasteiger partial charge >= 0.3 is 17.9 Å². The van der Waals surface area contributed by atoms with Crippen molar-refractivity contribution < 1.29 is 43.1 Å². The van der Waals surface area contributed by atoms with E-state index in [2.05, 4.69) is 0 Å². The number of aliphatic hydroxyl groups is 1. The molecule has 0 aromatic rings. The van der Waals surface area contributed by atoms with E-state index in [4.69, 9.17) is 18.9 Å². The Morgan fingerprint density at radius 1 is 1.33 bits per heavy atom. The molecular weight excluding hydrogens is 434 g/mol. The van der Waals surface area contributed by atoms with Crippen molar-refractivity contribution in [2.75, 3.05) is 26.8 Å². The van der Waals surface area contributed by atoms with E-state index in [0.29, 0.717) is 17.6 Å². The van der Waals surface area contributed by atoms with E-state index in [-0.39, 0.29) is 19.7 Å². The fraction of sp³-hybridized carbons (Fsp3) is 0.696. The first kappa shape index (κ1) is 27.0. The summed E-state index contributed by atoms with van der Waals surface area (Å²) >= 11 is 0. The van der Waals surface area contributed by atoms with Crippen molar-refractivity contribution in [1.82, 2.24) is 0 Å². The molecule has 2 aliphatic heterocycles. The van der Waals surface area contributed by atoms with Crippen LogP contribution in [0.1, 0.15) is 48.0 Å². The molecule has 0 aromatic heterocycles. The summed E-state index contributed by atoms with van der Waals surface area (Å²) in [5.41, 5.74) is -3.03. The summed E-state index contributed by atoms with van der Waals surface area (Å²) in [5.74, 6) is -2.24. The summed E-state index contributed by atoms with van der Waals surface area (Å²) in [7, 11) is 1.31. The van der Waals surface area contributed by atoms with Crippen LogP contribution < -0.4 is 0 Å². The van der Waals surface area contributed by atoms with Gasteiger partial charge in [-0.2, -0.15) is 0 Å². The van der Waals surface area contributed by atoms with Gasteiger partial charge in [-0.05, 0) is 40.7 Å². The van der Waals surface area contributed by atoms with Gasteiger partial charge < -0.3 is 33.9 Å². The Labute approximate surface area is 194 Å². The van der Waals surface area contributed by atoms with Crippen LogP contribution in [-0.4, -0.2) is 83.9 Å². The third-order valence-electron chi connectivity index (χ3n) is 6.65. The van der Waals surface area contributed by atoms with Gasteiger partial charge in [0.05, 0.1) is 19.2 Å². The lowest BCUT2D eigenvalue weighted by Gasteiger charge is -2.42. The minimum absolute atomic E-state index is 0.173. The van der Waals surface area contributed by atoms with Crippen LogP contribution in [0, 0.1) is 5.21 Å². The smallest absolute Gasteiger partial charge is 0.345 e. The molecule has 0 radical (unpaired) electrons. The van der Waals surface area contributed by atoms with Crippen LogP contribution in [-0.2, 0) is 33.3 Å². The minimum atomic E-state index is -2.32. The Bertz CT molecular complexity index is 849. The molecule has 5 atom stereocenters. The van der Waals surface area contributed by atoms with Crippen molar-refractivity contribution in [3.05, 3.63) is 28.5 Å². The molecule has 1 fully saturated rings. The minimum Gasteiger partial charge on any atom is -0.632 e. The topological polar surface area (TPSA) is 131 Å². The van der Waals surface area contributed by atoms with Gasteiger partial charge in [-0.3, -0.25) is 4.79 Å². The Morgan fingerprint density at radius 2 is 1.97 bits per heavy atom. The number of quaternary nitrogens is 1. The number of hydroxylamine groups is 3. The lowest BCUT2D eigenvalue weighted by Crippen LogP contribution is -2.65. The highest BCUT2D eigenvalue weighted by Gasteiger charge is 2.58. The fourth-order valence-electron chi connectivity index (χ4n) is 4.47. The van der Waals surface area contributed by atoms with E-state index < -0.39 is 52.0 Å². The molecule has 0 bridgehead atoms. The molecule has 186 valence electrons. The monoisotopic (exact) mass is 469 g/mol. The zero-order chi connectivity index (χ0) is 25.2. The first-order valence-electron chi connectivity index (χ1n) is 11.0. The molecule has 0 saturated carbocycles. The number of nitrogens with zero attached hydrogens (tertiary/aromatic N) is 1. The Hall–Kier alpha value is -2.27. The van der Waals surface area contributed by atoms with E-state index in [1.54, 1.807) is 26.0 Å². The van der Waals surface area contributed by atoms with Gasteiger partial charge in [0.2, 0.25) is 5.60 Å². The van der Waals surface area contributed by atoms with E-state index in [1.807, 2.05) is 0 Å². The van der Waals surface area contributed by atoms with E-state index in [1.165, 1.54) is 27.9 Å². The largest absolute Gasteiger partial charge is 0.632 e. The fourth-order valence-corrected chi connectivity index (χ4v) is 4.47. The third kappa shape index (κ3) is 5.13. The number of ether oxygens (including phenoxy) is 4. The van der Waals surface area contributed by atoms with Crippen LogP contribution in [0.15, 0.2) is 23.3 Å². The van der Waals surface area contributed by atoms with Crippen molar-refractivity contribution in [1.29, 1.82) is 0 Å². The van der Waals surface area contributed by atoms with E-state index in [9.17, 15) is 24.7 Å². The van der Waals surface area contributed by atoms with Crippen LogP contribution in [0.4, 0.5) is 0 Å². The summed E-state index contributed by atoms with van der Waals surface area (Å²) in [5, 5.41) is 24.5. The zero-order valence-electron chi connectivity index (χ0n) is 20.4. The lowest BCUT2D eigenvalue weighted by molar-refractivity contribution is -0.877. The van der Waals surface area contributed by atoms with E-state index in [0.717, 1.165) is 6.92 Å². The zero-order valence-corrected chi connectivity index (χ0v) is 20.4. The molecule has 10 nitrogen and oxygen atoms in total. The Morgan fingerprint density at radius 3 is 2.52 bits per heavy atom. The maximum atomic E-state index is 13.2. The average molecular weight is 470 g/mol. The van der Waals surface area contributed by atoms with Gasteiger partial charge in [-0.15, -0.1) is 0 Å². The maximum Gasteiger partial charge on any atom is 0.345 e. The third-order valence-corrected chi connectivity index (χ3v) is 6.65. The molecule has 1 N–H and O–H groups in total. The Balaban J connectivity index is 2.20.